The molecule has 0 bridgehead atoms. The Morgan fingerprint density at radius 2 is 2.00 bits per heavy atom. The van der Waals surface area contributed by atoms with Crippen molar-refractivity contribution in [3.8, 4) is 22.8 Å². The molecule has 0 aliphatic carbocycles. The Kier molecular flexibility index (Phi) is 6.18. The monoisotopic (exact) mass is 436 g/mol. The van der Waals surface area contributed by atoms with Crippen LogP contribution in [0.5, 0.6) is 11.5 Å². The Bertz CT molecular complexity index is 1170. The maximum Gasteiger partial charge on any atom is 0.257 e. The molecular weight excluding hydrogens is 416 g/mol. The van der Waals surface area contributed by atoms with Gasteiger partial charge in [0.05, 0.1) is 12.8 Å². The number of benzene rings is 2. The molecule has 0 aliphatic rings. The fourth-order valence-corrected chi connectivity index (χ4v) is 3.55. The highest BCUT2D eigenvalue weighted by molar-refractivity contribution is 7.14. The minimum atomic E-state index is -0.243. The molecule has 4 aromatic rings. The zero-order valence-electron chi connectivity index (χ0n) is 17.0. The molecule has 1 amide bonds. The first-order valence-electron chi connectivity index (χ1n) is 9.55. The van der Waals surface area contributed by atoms with Crippen LogP contribution in [0.3, 0.4) is 0 Å². The van der Waals surface area contributed by atoms with Crippen LogP contribution in [0.2, 0.25) is 0 Å². The fraction of sp³-hybridized carbons (Fsp3) is 0.190. The van der Waals surface area contributed by atoms with Gasteiger partial charge in [0.15, 0.2) is 11.0 Å². The predicted octanol–water partition coefficient (Wildman–Crippen LogP) is 3.66. The number of carbonyl (C=O) groups is 1. The van der Waals surface area contributed by atoms with Crippen molar-refractivity contribution in [2.24, 2.45) is 0 Å². The van der Waals surface area contributed by atoms with E-state index in [4.69, 9.17) is 9.47 Å². The number of nitrogens with one attached hydrogen (secondary N) is 1. The molecule has 0 unspecified atom stereocenters. The SMILES string of the molecule is CCn1nnnc1COc1ccc(C(=O)Nc2nc(-c3cccc(OC)c3)cs2)cc1. The van der Waals surface area contributed by atoms with Crippen molar-refractivity contribution in [1.29, 1.82) is 0 Å². The van der Waals surface area contributed by atoms with E-state index in [2.05, 4.69) is 25.8 Å². The summed E-state index contributed by atoms with van der Waals surface area (Å²) in [7, 11) is 1.62. The van der Waals surface area contributed by atoms with Gasteiger partial charge in [0, 0.05) is 23.1 Å². The number of amides is 1. The number of hydrogen-bond acceptors (Lipinski definition) is 8. The molecule has 0 radical (unpaired) electrons. The van der Waals surface area contributed by atoms with Gasteiger partial charge in [-0.25, -0.2) is 9.67 Å². The quantitative estimate of drug-likeness (QED) is 0.449. The van der Waals surface area contributed by atoms with Crippen LogP contribution in [0.25, 0.3) is 11.3 Å². The molecule has 2 heterocycles. The van der Waals surface area contributed by atoms with E-state index in [9.17, 15) is 4.79 Å². The molecule has 0 spiro atoms. The molecule has 9 nitrogen and oxygen atoms in total. The van der Waals surface area contributed by atoms with Crippen molar-refractivity contribution in [3.05, 3.63) is 65.3 Å². The molecule has 158 valence electrons. The third kappa shape index (κ3) is 4.86. The summed E-state index contributed by atoms with van der Waals surface area (Å²) in [6, 6.07) is 14.5. The van der Waals surface area contributed by atoms with Gasteiger partial charge in [0.1, 0.15) is 18.1 Å². The van der Waals surface area contributed by atoms with E-state index in [1.165, 1.54) is 11.3 Å². The minimum Gasteiger partial charge on any atom is -0.497 e. The van der Waals surface area contributed by atoms with Gasteiger partial charge in [-0.05, 0) is 53.7 Å². The maximum atomic E-state index is 12.6. The van der Waals surface area contributed by atoms with Crippen LogP contribution in [0.1, 0.15) is 23.1 Å². The lowest BCUT2D eigenvalue weighted by Gasteiger charge is -2.07. The van der Waals surface area contributed by atoms with Gasteiger partial charge in [-0.3, -0.25) is 10.1 Å². The van der Waals surface area contributed by atoms with E-state index in [0.717, 1.165) is 17.0 Å². The molecule has 0 saturated carbocycles. The number of ether oxygens (including phenoxy) is 2. The van der Waals surface area contributed by atoms with Gasteiger partial charge >= 0.3 is 0 Å². The Balaban J connectivity index is 1.37. The van der Waals surface area contributed by atoms with Crippen LogP contribution in [-0.2, 0) is 13.2 Å². The smallest absolute Gasteiger partial charge is 0.257 e. The Labute approximate surface area is 182 Å². The fourth-order valence-electron chi connectivity index (χ4n) is 2.84. The third-order valence-electron chi connectivity index (χ3n) is 4.48. The summed E-state index contributed by atoms with van der Waals surface area (Å²) >= 11 is 1.36. The summed E-state index contributed by atoms with van der Waals surface area (Å²) in [6.45, 7) is 2.87. The first-order chi connectivity index (χ1) is 15.2. The number of carbonyl (C=O) groups excluding carboxylic acids is 1. The van der Waals surface area contributed by atoms with Gasteiger partial charge in [-0.2, -0.15) is 0 Å². The van der Waals surface area contributed by atoms with Gasteiger partial charge in [-0.1, -0.05) is 12.1 Å². The molecule has 2 aromatic heterocycles. The number of aryl methyl sites for hydroxylation is 1. The number of rotatable bonds is 8. The second-order valence-corrected chi connectivity index (χ2v) is 7.31. The lowest BCUT2D eigenvalue weighted by atomic mass is 10.2. The Hall–Kier alpha value is -3.79. The summed E-state index contributed by atoms with van der Waals surface area (Å²) in [5, 5.41) is 16.7. The number of hydrogen-bond donors (Lipinski definition) is 1. The number of anilines is 1. The van der Waals surface area contributed by atoms with Gasteiger partial charge in [0.25, 0.3) is 5.91 Å². The van der Waals surface area contributed by atoms with Crippen LogP contribution < -0.4 is 14.8 Å². The number of thiazole rings is 1. The Morgan fingerprint density at radius 3 is 2.77 bits per heavy atom. The van der Waals surface area contributed by atoms with Crippen molar-refractivity contribution in [3.63, 3.8) is 0 Å². The molecule has 1 N–H and O–H groups in total. The maximum absolute atomic E-state index is 12.6. The van der Waals surface area contributed by atoms with E-state index in [1.807, 2.05) is 36.6 Å². The van der Waals surface area contributed by atoms with Crippen LogP contribution >= 0.6 is 11.3 Å². The summed E-state index contributed by atoms with van der Waals surface area (Å²) < 4.78 is 12.6. The second kappa shape index (κ2) is 9.35. The molecule has 0 atom stereocenters. The molecular formula is C21H20N6O3S. The molecule has 2 aromatic carbocycles. The summed E-state index contributed by atoms with van der Waals surface area (Å²) in [5.74, 6) is 1.77. The third-order valence-corrected chi connectivity index (χ3v) is 5.24. The zero-order valence-corrected chi connectivity index (χ0v) is 17.8. The summed E-state index contributed by atoms with van der Waals surface area (Å²) in [4.78, 5) is 17.1. The first kappa shape index (κ1) is 20.5. The highest BCUT2D eigenvalue weighted by atomic mass is 32.1. The standard InChI is InChI=1S/C21H20N6O3S/c1-3-27-19(24-25-26-27)12-30-16-9-7-14(8-10-16)20(28)23-21-22-18(13-31-21)15-5-4-6-17(11-15)29-2/h4-11,13H,3,12H2,1-2H3,(H,22,23,28). The average Bonchev–Trinajstić information content (AvgIpc) is 3.47. The van der Waals surface area contributed by atoms with Crippen molar-refractivity contribution in [1.82, 2.24) is 25.2 Å². The van der Waals surface area contributed by atoms with E-state index < -0.39 is 0 Å². The largest absolute Gasteiger partial charge is 0.497 e. The molecule has 10 heteroatoms. The van der Waals surface area contributed by atoms with Crippen molar-refractivity contribution >= 4 is 22.4 Å². The molecule has 31 heavy (non-hydrogen) atoms. The van der Waals surface area contributed by atoms with Crippen LogP contribution in [0.4, 0.5) is 5.13 Å². The minimum absolute atomic E-state index is 0.243. The highest BCUT2D eigenvalue weighted by Gasteiger charge is 2.11. The van der Waals surface area contributed by atoms with E-state index in [-0.39, 0.29) is 12.5 Å². The van der Waals surface area contributed by atoms with Crippen molar-refractivity contribution in [2.75, 3.05) is 12.4 Å². The van der Waals surface area contributed by atoms with Crippen LogP contribution in [0.15, 0.2) is 53.9 Å². The topological polar surface area (TPSA) is 104 Å². The second-order valence-electron chi connectivity index (χ2n) is 6.45. The zero-order chi connectivity index (χ0) is 21.6. The van der Waals surface area contributed by atoms with Gasteiger partial charge in [0.2, 0.25) is 0 Å². The Morgan fingerprint density at radius 1 is 1.16 bits per heavy atom. The van der Waals surface area contributed by atoms with Crippen molar-refractivity contribution in [2.45, 2.75) is 20.1 Å². The van der Waals surface area contributed by atoms with Gasteiger partial charge < -0.3 is 9.47 Å². The van der Waals surface area contributed by atoms with Crippen LogP contribution in [-0.4, -0.2) is 38.2 Å². The van der Waals surface area contributed by atoms with E-state index >= 15 is 0 Å². The van der Waals surface area contributed by atoms with Crippen molar-refractivity contribution < 1.29 is 14.3 Å². The van der Waals surface area contributed by atoms with E-state index in [0.29, 0.717) is 28.8 Å². The number of methoxy groups -OCH3 is 1. The molecule has 0 saturated heterocycles. The predicted molar refractivity (Wildman–Crippen MR) is 116 cm³/mol. The summed E-state index contributed by atoms with van der Waals surface area (Å²) in [5.41, 5.74) is 2.20. The number of nitrogens with zero attached hydrogens (tertiary/aromatic N) is 5. The lowest BCUT2D eigenvalue weighted by Crippen LogP contribution is -2.11. The molecule has 0 fully saturated rings. The molecule has 0 aliphatic heterocycles. The van der Waals surface area contributed by atoms with Gasteiger partial charge in [-0.15, -0.1) is 16.4 Å². The summed E-state index contributed by atoms with van der Waals surface area (Å²) in [6.07, 6.45) is 0. The number of aromatic nitrogens is 5. The highest BCUT2D eigenvalue weighted by Crippen LogP contribution is 2.27. The molecule has 4 rings (SSSR count). The normalized spacial score (nSPS) is 10.6. The lowest BCUT2D eigenvalue weighted by molar-refractivity contribution is 0.102. The average molecular weight is 436 g/mol. The van der Waals surface area contributed by atoms with E-state index in [1.54, 1.807) is 36.1 Å². The first-order valence-corrected chi connectivity index (χ1v) is 10.4. The number of tetrazole rings is 1. The van der Waals surface area contributed by atoms with Crippen LogP contribution in [0, 0.1) is 0 Å².